The van der Waals surface area contributed by atoms with Crippen LogP contribution in [0.15, 0.2) is 24.3 Å². The van der Waals surface area contributed by atoms with Crippen molar-refractivity contribution in [1.82, 2.24) is 10.6 Å². The maximum Gasteiger partial charge on any atom is 0.251 e. The van der Waals surface area contributed by atoms with Gasteiger partial charge in [0.2, 0.25) is 0 Å². The van der Waals surface area contributed by atoms with Gasteiger partial charge in [0.1, 0.15) is 5.82 Å². The van der Waals surface area contributed by atoms with E-state index in [1.54, 1.807) is 0 Å². The van der Waals surface area contributed by atoms with Crippen LogP contribution in [0.3, 0.4) is 0 Å². The van der Waals surface area contributed by atoms with E-state index in [-0.39, 0.29) is 17.8 Å². The van der Waals surface area contributed by atoms with Crippen LogP contribution in [0.25, 0.3) is 0 Å². The van der Waals surface area contributed by atoms with Crippen LogP contribution in [0.2, 0.25) is 0 Å². The number of hydrogen-bond acceptors (Lipinski definition) is 2. The van der Waals surface area contributed by atoms with E-state index in [0.29, 0.717) is 11.6 Å². The Hall–Kier alpha value is -1.42. The van der Waals surface area contributed by atoms with Crippen molar-refractivity contribution < 1.29 is 9.18 Å². The van der Waals surface area contributed by atoms with E-state index in [4.69, 9.17) is 0 Å². The second-order valence-electron chi connectivity index (χ2n) is 4.83. The van der Waals surface area contributed by atoms with E-state index in [1.165, 1.54) is 37.1 Å². The van der Waals surface area contributed by atoms with Gasteiger partial charge in [0.15, 0.2) is 0 Å². The topological polar surface area (TPSA) is 41.1 Å². The van der Waals surface area contributed by atoms with Crippen molar-refractivity contribution in [3.8, 4) is 0 Å². The largest absolute Gasteiger partial charge is 0.348 e. The van der Waals surface area contributed by atoms with E-state index in [1.807, 2.05) is 6.92 Å². The molecule has 0 spiro atoms. The van der Waals surface area contributed by atoms with E-state index >= 15 is 0 Å². The lowest BCUT2D eigenvalue weighted by Crippen LogP contribution is -2.50. The van der Waals surface area contributed by atoms with Crippen molar-refractivity contribution in [2.24, 2.45) is 0 Å². The van der Waals surface area contributed by atoms with Crippen LogP contribution >= 0.6 is 0 Å². The first-order valence-corrected chi connectivity index (χ1v) is 6.46. The van der Waals surface area contributed by atoms with Crippen molar-refractivity contribution >= 4 is 5.91 Å². The molecule has 1 aromatic carbocycles. The minimum atomic E-state index is -0.325. The Morgan fingerprint density at radius 1 is 1.39 bits per heavy atom. The first-order chi connectivity index (χ1) is 8.66. The molecule has 2 rings (SSSR count). The summed E-state index contributed by atoms with van der Waals surface area (Å²) in [6, 6.07) is 6.04. The fourth-order valence-corrected chi connectivity index (χ4v) is 2.30. The number of amides is 1. The van der Waals surface area contributed by atoms with Gasteiger partial charge in [-0.25, -0.2) is 4.39 Å². The molecular formula is C14H19FN2O. The lowest BCUT2D eigenvalue weighted by atomic mass is 9.99. The van der Waals surface area contributed by atoms with Gasteiger partial charge in [0, 0.05) is 17.6 Å². The maximum absolute atomic E-state index is 12.8. The minimum absolute atomic E-state index is 0.0860. The Bertz CT molecular complexity index is 399. The highest BCUT2D eigenvalue weighted by molar-refractivity contribution is 5.94. The second-order valence-corrected chi connectivity index (χ2v) is 4.83. The molecule has 1 aliphatic heterocycles. The zero-order valence-corrected chi connectivity index (χ0v) is 10.6. The molecular weight excluding hydrogens is 231 g/mol. The van der Waals surface area contributed by atoms with Crippen molar-refractivity contribution in [2.75, 3.05) is 6.54 Å². The van der Waals surface area contributed by atoms with Gasteiger partial charge in [0.25, 0.3) is 5.91 Å². The van der Waals surface area contributed by atoms with Gasteiger partial charge in [0.05, 0.1) is 0 Å². The molecule has 2 N–H and O–H groups in total. The predicted octanol–water partition coefficient (Wildman–Crippen LogP) is 2.09. The predicted molar refractivity (Wildman–Crippen MR) is 69.0 cm³/mol. The molecule has 1 saturated heterocycles. The van der Waals surface area contributed by atoms with E-state index in [2.05, 4.69) is 10.6 Å². The molecule has 0 radical (unpaired) electrons. The van der Waals surface area contributed by atoms with Crippen LogP contribution in [0.1, 0.15) is 36.5 Å². The molecule has 2 unspecified atom stereocenters. The summed E-state index contributed by atoms with van der Waals surface area (Å²) in [6.07, 6.45) is 3.49. The summed E-state index contributed by atoms with van der Waals surface area (Å²) in [7, 11) is 0. The van der Waals surface area contributed by atoms with Gasteiger partial charge in [-0.05, 0) is 50.6 Å². The Labute approximate surface area is 107 Å². The maximum atomic E-state index is 12.8. The Balaban J connectivity index is 1.91. The van der Waals surface area contributed by atoms with Crippen molar-refractivity contribution in [2.45, 2.75) is 38.3 Å². The number of carbonyl (C=O) groups is 1. The van der Waals surface area contributed by atoms with Gasteiger partial charge >= 0.3 is 0 Å². The number of rotatable bonds is 3. The van der Waals surface area contributed by atoms with Crippen molar-refractivity contribution in [3.63, 3.8) is 0 Å². The number of nitrogens with one attached hydrogen (secondary N) is 2. The van der Waals surface area contributed by atoms with Gasteiger partial charge in [-0.3, -0.25) is 4.79 Å². The van der Waals surface area contributed by atoms with Crippen LogP contribution in [0.4, 0.5) is 4.39 Å². The van der Waals surface area contributed by atoms with Gasteiger partial charge < -0.3 is 10.6 Å². The van der Waals surface area contributed by atoms with Crippen molar-refractivity contribution in [1.29, 1.82) is 0 Å². The Morgan fingerprint density at radius 2 is 2.11 bits per heavy atom. The normalized spacial score (nSPS) is 21.3. The molecule has 2 atom stereocenters. The highest BCUT2D eigenvalue weighted by atomic mass is 19.1. The van der Waals surface area contributed by atoms with E-state index in [0.717, 1.165) is 13.0 Å². The number of carbonyl (C=O) groups excluding carboxylic acids is 1. The fourth-order valence-electron chi connectivity index (χ4n) is 2.30. The standard InChI is InChI=1S/C14H19FN2O/c1-10(13-4-2-3-9-16-13)17-14(18)11-5-7-12(15)8-6-11/h5-8,10,13,16H,2-4,9H2,1H3,(H,17,18). The third-order valence-corrected chi connectivity index (χ3v) is 3.42. The van der Waals surface area contributed by atoms with Crippen LogP contribution in [-0.2, 0) is 0 Å². The zero-order valence-electron chi connectivity index (χ0n) is 10.6. The fraction of sp³-hybridized carbons (Fsp3) is 0.500. The SMILES string of the molecule is CC(NC(=O)c1ccc(F)cc1)C1CCCCN1. The number of benzene rings is 1. The average molecular weight is 250 g/mol. The van der Waals surface area contributed by atoms with E-state index < -0.39 is 0 Å². The van der Waals surface area contributed by atoms with E-state index in [9.17, 15) is 9.18 Å². The summed E-state index contributed by atoms with van der Waals surface area (Å²) in [5.74, 6) is -0.469. The smallest absolute Gasteiger partial charge is 0.251 e. The molecule has 0 aliphatic carbocycles. The summed E-state index contributed by atoms with van der Waals surface area (Å²) in [6.45, 7) is 3.02. The van der Waals surface area contributed by atoms with Crippen LogP contribution in [-0.4, -0.2) is 24.5 Å². The highest BCUT2D eigenvalue weighted by Gasteiger charge is 2.21. The van der Waals surface area contributed by atoms with Crippen molar-refractivity contribution in [3.05, 3.63) is 35.6 Å². The van der Waals surface area contributed by atoms with Crippen LogP contribution in [0, 0.1) is 5.82 Å². The number of halogens is 1. The summed E-state index contributed by atoms with van der Waals surface area (Å²) < 4.78 is 12.8. The summed E-state index contributed by atoms with van der Waals surface area (Å²) in [5.41, 5.74) is 0.499. The van der Waals surface area contributed by atoms with Crippen LogP contribution in [0.5, 0.6) is 0 Å². The van der Waals surface area contributed by atoms with Gasteiger partial charge in [-0.1, -0.05) is 6.42 Å². The summed E-state index contributed by atoms with van der Waals surface area (Å²) in [4.78, 5) is 11.9. The quantitative estimate of drug-likeness (QED) is 0.862. The van der Waals surface area contributed by atoms with Gasteiger partial charge in [-0.2, -0.15) is 0 Å². The Morgan fingerprint density at radius 3 is 2.72 bits per heavy atom. The molecule has 1 aromatic rings. The van der Waals surface area contributed by atoms with Crippen LogP contribution < -0.4 is 10.6 Å². The van der Waals surface area contributed by atoms with Gasteiger partial charge in [-0.15, -0.1) is 0 Å². The minimum Gasteiger partial charge on any atom is -0.348 e. The first kappa shape index (κ1) is 13.0. The first-order valence-electron chi connectivity index (χ1n) is 6.46. The molecule has 18 heavy (non-hydrogen) atoms. The third kappa shape index (κ3) is 3.29. The second kappa shape index (κ2) is 5.96. The molecule has 3 nitrogen and oxygen atoms in total. The zero-order chi connectivity index (χ0) is 13.0. The molecule has 4 heteroatoms. The lowest BCUT2D eigenvalue weighted by molar-refractivity contribution is 0.0928. The molecule has 1 heterocycles. The molecule has 1 fully saturated rings. The highest BCUT2D eigenvalue weighted by Crippen LogP contribution is 2.11. The molecule has 0 bridgehead atoms. The number of hydrogen-bond donors (Lipinski definition) is 2. The molecule has 1 amide bonds. The molecule has 1 aliphatic rings. The lowest BCUT2D eigenvalue weighted by Gasteiger charge is -2.29. The monoisotopic (exact) mass is 250 g/mol. The Kier molecular flexibility index (Phi) is 4.31. The average Bonchev–Trinajstić information content (AvgIpc) is 2.40. The third-order valence-electron chi connectivity index (χ3n) is 3.42. The summed E-state index contributed by atoms with van der Waals surface area (Å²) in [5, 5.41) is 6.37. The molecule has 0 aromatic heterocycles. The molecule has 0 saturated carbocycles. The number of piperidine rings is 1. The molecule has 98 valence electrons. The summed E-state index contributed by atoms with van der Waals surface area (Å²) >= 11 is 0.